The lowest BCUT2D eigenvalue weighted by atomic mass is 10.0. The van der Waals surface area contributed by atoms with Gasteiger partial charge in [-0.1, -0.05) is 29.8 Å². The van der Waals surface area contributed by atoms with Gasteiger partial charge in [-0.25, -0.2) is 0 Å². The zero-order valence-electron chi connectivity index (χ0n) is 19.1. The van der Waals surface area contributed by atoms with E-state index < -0.39 is 34.8 Å². The summed E-state index contributed by atoms with van der Waals surface area (Å²) in [4.78, 5) is 28.2. The maximum absolute atomic E-state index is 13.2. The molecular formula is C26H17ClF6N2O3. The van der Waals surface area contributed by atoms with Crippen molar-refractivity contribution in [3.05, 3.63) is 104 Å². The van der Waals surface area contributed by atoms with Crippen LogP contribution >= 0.6 is 11.6 Å². The molecular weight excluding hydrogens is 538 g/mol. The summed E-state index contributed by atoms with van der Waals surface area (Å²) in [7, 11) is 0. The molecule has 0 spiro atoms. The fraction of sp³-hybridized carbons (Fsp3) is 0.154. The number of hydrogen-bond donors (Lipinski definition) is 2. The number of carbonyl (C=O) groups excluding carboxylic acids is 1. The van der Waals surface area contributed by atoms with Gasteiger partial charge in [-0.05, 0) is 48.0 Å². The number of benzene rings is 3. The largest absolute Gasteiger partial charge is 0.491 e. The molecule has 0 aliphatic heterocycles. The predicted octanol–water partition coefficient (Wildman–Crippen LogP) is 7.09. The number of H-pyrrole nitrogens is 1. The van der Waals surface area contributed by atoms with E-state index in [0.717, 1.165) is 30.5 Å². The molecule has 0 unspecified atom stereocenters. The number of pyridine rings is 1. The first-order valence-corrected chi connectivity index (χ1v) is 11.3. The van der Waals surface area contributed by atoms with Gasteiger partial charge in [0.1, 0.15) is 11.3 Å². The van der Waals surface area contributed by atoms with Crippen molar-refractivity contribution in [1.29, 1.82) is 0 Å². The average molecular weight is 555 g/mol. The number of amides is 1. The first-order chi connectivity index (χ1) is 17.8. The fourth-order valence-electron chi connectivity index (χ4n) is 3.77. The van der Waals surface area contributed by atoms with E-state index in [1.54, 1.807) is 0 Å². The normalized spacial score (nSPS) is 12.0. The molecule has 0 bridgehead atoms. The molecule has 2 N–H and O–H groups in total. The van der Waals surface area contributed by atoms with Crippen molar-refractivity contribution >= 4 is 34.1 Å². The number of aromatic nitrogens is 1. The Hall–Kier alpha value is -3.99. The van der Waals surface area contributed by atoms with Crippen LogP contribution < -0.4 is 15.5 Å². The van der Waals surface area contributed by atoms with Crippen LogP contribution in [0.15, 0.2) is 71.7 Å². The maximum Gasteiger partial charge on any atom is 0.416 e. The molecule has 0 aliphatic rings. The minimum atomic E-state index is -4.61. The van der Waals surface area contributed by atoms with Gasteiger partial charge in [-0.15, -0.1) is 0 Å². The van der Waals surface area contributed by atoms with Gasteiger partial charge in [0.05, 0.1) is 23.4 Å². The first-order valence-electron chi connectivity index (χ1n) is 11.0. The molecule has 0 aliphatic carbocycles. The standard InChI is InChI=1S/C26H17ClF6N2O3/c27-16-6-8-22(38-10-9-14-3-1-2-4-19(14)26(31,32)33)21(12-16)35-24(37)18-13-34-20-11-15(25(28,29)30)5-7-17(20)23(18)36/h1-8,11-13H,9-10H2,(H,34,36)(H,35,37). The number of halogens is 7. The third-order valence-corrected chi connectivity index (χ3v) is 5.83. The molecule has 0 atom stereocenters. The van der Waals surface area contributed by atoms with E-state index in [1.807, 2.05) is 0 Å². The SMILES string of the molecule is O=C(Nc1cc(Cl)ccc1OCCc1ccccc1C(F)(F)F)c1c[nH]c2cc(C(F)(F)F)ccc2c1=O. The third-order valence-electron chi connectivity index (χ3n) is 5.59. The van der Waals surface area contributed by atoms with Gasteiger partial charge in [0.2, 0.25) is 5.43 Å². The number of rotatable bonds is 6. The number of hydrogen-bond acceptors (Lipinski definition) is 3. The van der Waals surface area contributed by atoms with Crippen molar-refractivity contribution in [3.63, 3.8) is 0 Å². The molecule has 3 aromatic carbocycles. The van der Waals surface area contributed by atoms with Crippen LogP contribution in [0.5, 0.6) is 5.75 Å². The summed E-state index contributed by atoms with van der Waals surface area (Å²) in [5.41, 5.74) is -2.98. The van der Waals surface area contributed by atoms with Crippen LogP contribution in [-0.4, -0.2) is 17.5 Å². The van der Waals surface area contributed by atoms with Crippen molar-refractivity contribution in [2.45, 2.75) is 18.8 Å². The van der Waals surface area contributed by atoms with Crippen molar-refractivity contribution in [2.75, 3.05) is 11.9 Å². The summed E-state index contributed by atoms with van der Waals surface area (Å²) in [6.45, 7) is -0.171. The molecule has 1 aromatic heterocycles. The lowest BCUT2D eigenvalue weighted by molar-refractivity contribution is -0.138. The quantitative estimate of drug-likeness (QED) is 0.250. The molecule has 0 saturated carbocycles. The monoisotopic (exact) mass is 554 g/mol. The van der Waals surface area contributed by atoms with Gasteiger partial charge in [0, 0.05) is 28.5 Å². The van der Waals surface area contributed by atoms with E-state index in [9.17, 15) is 35.9 Å². The third kappa shape index (κ3) is 5.94. The van der Waals surface area contributed by atoms with Crippen molar-refractivity contribution in [2.24, 2.45) is 0 Å². The van der Waals surface area contributed by atoms with Gasteiger partial charge in [0.25, 0.3) is 5.91 Å². The Morgan fingerprint density at radius 1 is 0.947 bits per heavy atom. The van der Waals surface area contributed by atoms with E-state index in [1.165, 1.54) is 36.4 Å². The van der Waals surface area contributed by atoms with Crippen LogP contribution in [0.25, 0.3) is 10.9 Å². The van der Waals surface area contributed by atoms with Gasteiger partial charge in [-0.3, -0.25) is 9.59 Å². The Balaban J connectivity index is 1.54. The molecule has 4 rings (SSSR count). The minimum Gasteiger partial charge on any atom is -0.491 e. The minimum absolute atomic E-state index is 0.0240. The highest BCUT2D eigenvalue weighted by Gasteiger charge is 2.33. The zero-order chi connectivity index (χ0) is 27.7. The molecule has 1 heterocycles. The molecule has 0 radical (unpaired) electrons. The lowest BCUT2D eigenvalue weighted by Crippen LogP contribution is -2.22. The molecule has 0 saturated heterocycles. The average Bonchev–Trinajstić information content (AvgIpc) is 2.84. The van der Waals surface area contributed by atoms with Crippen LogP contribution in [-0.2, 0) is 18.8 Å². The zero-order valence-corrected chi connectivity index (χ0v) is 19.9. The van der Waals surface area contributed by atoms with Crippen molar-refractivity contribution in [1.82, 2.24) is 4.98 Å². The number of carbonyl (C=O) groups is 1. The molecule has 0 fully saturated rings. The first kappa shape index (κ1) is 27.1. The van der Waals surface area contributed by atoms with Crippen LogP contribution in [0, 0.1) is 0 Å². The highest BCUT2D eigenvalue weighted by molar-refractivity contribution is 6.31. The van der Waals surface area contributed by atoms with E-state index in [-0.39, 0.29) is 51.5 Å². The maximum atomic E-state index is 13.2. The molecule has 1 amide bonds. The highest BCUT2D eigenvalue weighted by Crippen LogP contribution is 2.33. The summed E-state index contributed by atoms with van der Waals surface area (Å²) < 4.78 is 84.2. The van der Waals surface area contributed by atoms with Gasteiger partial charge < -0.3 is 15.0 Å². The van der Waals surface area contributed by atoms with Gasteiger partial charge in [-0.2, -0.15) is 26.3 Å². The fourth-order valence-corrected chi connectivity index (χ4v) is 3.94. The summed E-state index contributed by atoms with van der Waals surface area (Å²) in [5.74, 6) is -0.818. The predicted molar refractivity (Wildman–Crippen MR) is 130 cm³/mol. The van der Waals surface area contributed by atoms with Crippen molar-refractivity contribution < 1.29 is 35.9 Å². The summed E-state index contributed by atoms with van der Waals surface area (Å²) in [6, 6.07) is 11.7. The second-order valence-corrected chi connectivity index (χ2v) is 8.57. The topological polar surface area (TPSA) is 71.2 Å². The van der Waals surface area contributed by atoms with Gasteiger partial charge >= 0.3 is 12.4 Å². The molecule has 198 valence electrons. The Kier molecular flexibility index (Phi) is 7.41. The number of ether oxygens (including phenoxy) is 1. The lowest BCUT2D eigenvalue weighted by Gasteiger charge is -2.15. The summed E-state index contributed by atoms with van der Waals surface area (Å²) in [6.07, 6.45) is -8.24. The summed E-state index contributed by atoms with van der Waals surface area (Å²) >= 11 is 6.02. The van der Waals surface area contributed by atoms with E-state index in [2.05, 4.69) is 10.3 Å². The Bertz CT molecular complexity index is 1560. The molecule has 4 aromatic rings. The Morgan fingerprint density at radius 2 is 1.68 bits per heavy atom. The molecule has 38 heavy (non-hydrogen) atoms. The molecule has 12 heteroatoms. The van der Waals surface area contributed by atoms with Crippen molar-refractivity contribution in [3.8, 4) is 5.75 Å². The van der Waals surface area contributed by atoms with Gasteiger partial charge in [0.15, 0.2) is 0 Å². The second kappa shape index (κ2) is 10.4. The highest BCUT2D eigenvalue weighted by atomic mass is 35.5. The van der Waals surface area contributed by atoms with E-state index in [4.69, 9.17) is 16.3 Å². The number of aromatic amines is 1. The van der Waals surface area contributed by atoms with Crippen LogP contribution in [0.2, 0.25) is 5.02 Å². The summed E-state index contributed by atoms with van der Waals surface area (Å²) in [5, 5.41) is 2.53. The number of fused-ring (bicyclic) bond motifs is 1. The second-order valence-electron chi connectivity index (χ2n) is 8.14. The van der Waals surface area contributed by atoms with Crippen LogP contribution in [0.3, 0.4) is 0 Å². The number of nitrogens with one attached hydrogen (secondary N) is 2. The van der Waals surface area contributed by atoms with Crippen LogP contribution in [0.4, 0.5) is 32.0 Å². The Labute approximate surface area is 216 Å². The smallest absolute Gasteiger partial charge is 0.416 e. The van der Waals surface area contributed by atoms with E-state index in [0.29, 0.717) is 0 Å². The van der Waals surface area contributed by atoms with E-state index >= 15 is 0 Å². The number of alkyl halides is 6. The molecule has 5 nitrogen and oxygen atoms in total. The van der Waals surface area contributed by atoms with Crippen LogP contribution in [0.1, 0.15) is 27.0 Å². The number of anilines is 1. The Morgan fingerprint density at radius 3 is 2.39 bits per heavy atom.